The minimum absolute atomic E-state index is 0.180. The summed E-state index contributed by atoms with van der Waals surface area (Å²) < 4.78 is 0. The highest BCUT2D eigenvalue weighted by molar-refractivity contribution is 5.58. The van der Waals surface area contributed by atoms with E-state index in [0.29, 0.717) is 0 Å². The van der Waals surface area contributed by atoms with Crippen LogP contribution in [-0.2, 0) is 0 Å². The van der Waals surface area contributed by atoms with Crippen molar-refractivity contribution in [3.05, 3.63) is 89.5 Å². The second-order valence-electron chi connectivity index (χ2n) is 7.90. The van der Waals surface area contributed by atoms with Crippen molar-refractivity contribution in [2.75, 3.05) is 57.0 Å². The highest BCUT2D eigenvalue weighted by Gasteiger charge is 2.19. The second-order valence-corrected chi connectivity index (χ2v) is 7.90. The lowest BCUT2D eigenvalue weighted by molar-refractivity contribution is 0.965. The largest absolute Gasteiger partial charge is 0.378 e. The summed E-state index contributed by atoms with van der Waals surface area (Å²) in [6.45, 7) is 0. The van der Waals surface area contributed by atoms with E-state index in [1.807, 2.05) is 0 Å². The Morgan fingerprint density at radius 1 is 0.464 bits per heavy atom. The fourth-order valence-corrected chi connectivity index (χ4v) is 3.52. The van der Waals surface area contributed by atoms with Gasteiger partial charge in [-0.25, -0.2) is 0 Å². The van der Waals surface area contributed by atoms with Crippen LogP contribution in [0.4, 0.5) is 17.1 Å². The molecule has 0 N–H and O–H groups in total. The minimum Gasteiger partial charge on any atom is -0.378 e. The summed E-state index contributed by atoms with van der Waals surface area (Å²) in [7, 11) is 12.5. The predicted octanol–water partition coefficient (Wildman–Crippen LogP) is 5.06. The molecular formula is C25H31N3. The third-order valence-corrected chi connectivity index (χ3v) is 5.16. The topological polar surface area (TPSA) is 9.72 Å². The summed E-state index contributed by atoms with van der Waals surface area (Å²) in [5.74, 6) is 0.180. The Labute approximate surface area is 169 Å². The zero-order valence-corrected chi connectivity index (χ0v) is 17.8. The van der Waals surface area contributed by atoms with Gasteiger partial charge in [-0.05, 0) is 53.1 Å². The van der Waals surface area contributed by atoms with Crippen LogP contribution in [0.25, 0.3) is 0 Å². The van der Waals surface area contributed by atoms with Gasteiger partial charge in [-0.1, -0.05) is 36.4 Å². The molecule has 0 aromatic heterocycles. The van der Waals surface area contributed by atoms with Crippen molar-refractivity contribution in [1.82, 2.24) is 0 Å². The van der Waals surface area contributed by atoms with Crippen LogP contribution in [0.2, 0.25) is 0 Å². The maximum absolute atomic E-state index is 2.30. The first kappa shape index (κ1) is 19.8. The lowest BCUT2D eigenvalue weighted by Crippen LogP contribution is -2.13. The smallest absolute Gasteiger partial charge is 0.0364 e. The number of anilines is 3. The average molecular weight is 374 g/mol. The molecule has 0 fully saturated rings. The second kappa shape index (κ2) is 8.39. The summed E-state index contributed by atoms with van der Waals surface area (Å²) in [5, 5.41) is 0. The molecule has 0 bridgehead atoms. The van der Waals surface area contributed by atoms with Gasteiger partial charge in [-0.3, -0.25) is 0 Å². The minimum atomic E-state index is 0.180. The third-order valence-electron chi connectivity index (χ3n) is 5.16. The zero-order chi connectivity index (χ0) is 20.3. The van der Waals surface area contributed by atoms with Gasteiger partial charge >= 0.3 is 0 Å². The molecule has 0 radical (unpaired) electrons. The SMILES string of the molecule is CN(C)c1cccc(C(c2cccc(N(C)C)c2)c2cccc(N(C)C)c2)c1. The number of hydrogen-bond donors (Lipinski definition) is 0. The number of rotatable bonds is 6. The van der Waals surface area contributed by atoms with Crippen molar-refractivity contribution >= 4 is 17.1 Å². The molecule has 0 aliphatic carbocycles. The Morgan fingerprint density at radius 2 is 0.750 bits per heavy atom. The Bertz CT molecular complexity index is 806. The molecular weight excluding hydrogens is 342 g/mol. The van der Waals surface area contributed by atoms with Crippen molar-refractivity contribution in [2.24, 2.45) is 0 Å². The average Bonchev–Trinajstić information content (AvgIpc) is 2.69. The molecule has 146 valence electrons. The van der Waals surface area contributed by atoms with Crippen LogP contribution < -0.4 is 14.7 Å². The van der Waals surface area contributed by atoms with Crippen molar-refractivity contribution in [1.29, 1.82) is 0 Å². The Balaban J connectivity index is 2.18. The van der Waals surface area contributed by atoms with Gasteiger partial charge < -0.3 is 14.7 Å². The summed E-state index contributed by atoms with van der Waals surface area (Å²) in [5.41, 5.74) is 7.56. The van der Waals surface area contributed by atoms with Crippen LogP contribution >= 0.6 is 0 Å². The van der Waals surface area contributed by atoms with Crippen molar-refractivity contribution in [3.63, 3.8) is 0 Å². The summed E-state index contributed by atoms with van der Waals surface area (Å²) in [4.78, 5) is 6.48. The monoisotopic (exact) mass is 373 g/mol. The Kier molecular flexibility index (Phi) is 5.93. The predicted molar refractivity (Wildman–Crippen MR) is 123 cm³/mol. The fraction of sp³-hybridized carbons (Fsp3) is 0.280. The molecule has 3 rings (SSSR count). The van der Waals surface area contributed by atoms with Crippen LogP contribution in [0.1, 0.15) is 22.6 Å². The standard InChI is InChI=1S/C25H31N3/c1-26(2)22-13-7-10-19(16-22)25(20-11-8-14-23(17-20)27(3)4)21-12-9-15-24(18-21)28(5)6/h7-18,25H,1-6H3. The molecule has 3 aromatic rings. The summed E-state index contributed by atoms with van der Waals surface area (Å²) >= 11 is 0. The van der Waals surface area contributed by atoms with Gasteiger partial charge in [0.2, 0.25) is 0 Å². The van der Waals surface area contributed by atoms with E-state index in [9.17, 15) is 0 Å². The molecule has 0 amide bonds. The molecule has 0 spiro atoms. The molecule has 3 heteroatoms. The van der Waals surface area contributed by atoms with E-state index < -0.39 is 0 Å². The van der Waals surface area contributed by atoms with Crippen LogP contribution in [-0.4, -0.2) is 42.3 Å². The van der Waals surface area contributed by atoms with Gasteiger partial charge in [0, 0.05) is 65.3 Å². The number of nitrogens with zero attached hydrogens (tertiary/aromatic N) is 3. The van der Waals surface area contributed by atoms with Crippen LogP contribution in [0.3, 0.4) is 0 Å². The van der Waals surface area contributed by atoms with E-state index in [2.05, 4.69) is 130 Å². The van der Waals surface area contributed by atoms with Crippen LogP contribution in [0.5, 0.6) is 0 Å². The van der Waals surface area contributed by atoms with E-state index in [-0.39, 0.29) is 5.92 Å². The maximum atomic E-state index is 2.30. The van der Waals surface area contributed by atoms with Gasteiger partial charge in [0.05, 0.1) is 0 Å². The van der Waals surface area contributed by atoms with Gasteiger partial charge in [-0.15, -0.1) is 0 Å². The maximum Gasteiger partial charge on any atom is 0.0364 e. The molecule has 28 heavy (non-hydrogen) atoms. The highest BCUT2D eigenvalue weighted by Crippen LogP contribution is 2.36. The van der Waals surface area contributed by atoms with E-state index in [0.717, 1.165) is 0 Å². The molecule has 3 nitrogen and oxygen atoms in total. The molecule has 0 aliphatic rings. The molecule has 0 saturated carbocycles. The first-order valence-electron chi connectivity index (χ1n) is 9.68. The van der Waals surface area contributed by atoms with E-state index >= 15 is 0 Å². The third kappa shape index (κ3) is 4.30. The van der Waals surface area contributed by atoms with E-state index in [1.54, 1.807) is 0 Å². The van der Waals surface area contributed by atoms with E-state index in [4.69, 9.17) is 0 Å². The summed E-state index contributed by atoms with van der Waals surface area (Å²) in [6, 6.07) is 26.6. The van der Waals surface area contributed by atoms with Gasteiger partial charge in [0.25, 0.3) is 0 Å². The number of hydrogen-bond acceptors (Lipinski definition) is 3. The van der Waals surface area contributed by atoms with Crippen molar-refractivity contribution in [2.45, 2.75) is 5.92 Å². The fourth-order valence-electron chi connectivity index (χ4n) is 3.52. The number of benzene rings is 3. The Morgan fingerprint density at radius 3 is 1.00 bits per heavy atom. The highest BCUT2D eigenvalue weighted by atomic mass is 15.1. The van der Waals surface area contributed by atoms with Gasteiger partial charge in [-0.2, -0.15) is 0 Å². The molecule has 0 heterocycles. The van der Waals surface area contributed by atoms with Crippen LogP contribution in [0, 0.1) is 0 Å². The first-order chi connectivity index (χ1) is 13.4. The quantitative estimate of drug-likeness (QED) is 0.559. The molecule has 0 aliphatic heterocycles. The van der Waals surface area contributed by atoms with Gasteiger partial charge in [0.15, 0.2) is 0 Å². The first-order valence-corrected chi connectivity index (χ1v) is 9.68. The van der Waals surface area contributed by atoms with Crippen molar-refractivity contribution < 1.29 is 0 Å². The normalized spacial score (nSPS) is 10.8. The Hall–Kier alpha value is -2.94. The molecule has 0 atom stereocenters. The lowest BCUT2D eigenvalue weighted by atomic mass is 9.84. The van der Waals surface area contributed by atoms with E-state index in [1.165, 1.54) is 33.8 Å². The van der Waals surface area contributed by atoms with Crippen molar-refractivity contribution in [3.8, 4) is 0 Å². The molecule has 3 aromatic carbocycles. The lowest BCUT2D eigenvalue weighted by Gasteiger charge is -2.24. The summed E-state index contributed by atoms with van der Waals surface area (Å²) in [6.07, 6.45) is 0. The molecule has 0 saturated heterocycles. The molecule has 0 unspecified atom stereocenters. The van der Waals surface area contributed by atoms with Crippen LogP contribution in [0.15, 0.2) is 72.8 Å². The zero-order valence-electron chi connectivity index (χ0n) is 17.8. The van der Waals surface area contributed by atoms with Gasteiger partial charge in [0.1, 0.15) is 0 Å².